The molecule has 1 aliphatic heterocycles. The summed E-state index contributed by atoms with van der Waals surface area (Å²) in [5.74, 6) is 1.35. The summed E-state index contributed by atoms with van der Waals surface area (Å²) in [4.78, 5) is 2.30. The first kappa shape index (κ1) is 9.21. The third-order valence-electron chi connectivity index (χ3n) is 2.71. The lowest BCUT2D eigenvalue weighted by Crippen LogP contribution is -2.30. The quantitative estimate of drug-likeness (QED) is 0.710. The van der Waals surface area contributed by atoms with Crippen molar-refractivity contribution >= 4 is 28.1 Å². The van der Waals surface area contributed by atoms with E-state index in [9.17, 15) is 0 Å². The van der Waals surface area contributed by atoms with Crippen molar-refractivity contribution in [1.82, 2.24) is 10.2 Å². The van der Waals surface area contributed by atoms with Crippen LogP contribution in [0.25, 0.3) is 0 Å². The normalized spacial score (nSPS) is 28.3. The van der Waals surface area contributed by atoms with Crippen LogP contribution in [-0.4, -0.2) is 28.7 Å². The Kier molecular flexibility index (Phi) is 2.69. The van der Waals surface area contributed by atoms with Crippen molar-refractivity contribution in [2.75, 3.05) is 17.3 Å². The predicted molar refractivity (Wildman–Crippen MR) is 55.5 cm³/mol. The Morgan fingerprint density at radius 3 is 3.15 bits per heavy atom. The maximum Gasteiger partial charge on any atom is 0.208 e. The van der Waals surface area contributed by atoms with Crippen molar-refractivity contribution in [2.24, 2.45) is 5.92 Å². The van der Waals surface area contributed by atoms with Crippen LogP contribution in [0.15, 0.2) is 5.51 Å². The molecule has 72 valence electrons. The van der Waals surface area contributed by atoms with Crippen LogP contribution in [-0.2, 0) is 0 Å². The summed E-state index contributed by atoms with van der Waals surface area (Å²) >= 11 is 7.47. The van der Waals surface area contributed by atoms with Crippen LogP contribution >= 0.6 is 22.9 Å². The van der Waals surface area contributed by atoms with Gasteiger partial charge in [0, 0.05) is 18.5 Å². The molecule has 2 heterocycles. The minimum Gasteiger partial charge on any atom is -0.344 e. The standard InChI is InChI=1S/C8H12ClN3S/c1-6-7(4-9)2-3-12(6)8-11-10-5-13-8/h5-7H,2-4H2,1H3. The molecule has 0 radical (unpaired) electrons. The Balaban J connectivity index is 2.11. The van der Waals surface area contributed by atoms with E-state index in [1.807, 2.05) is 0 Å². The van der Waals surface area contributed by atoms with E-state index in [0.29, 0.717) is 12.0 Å². The molecule has 2 atom stereocenters. The number of halogens is 1. The van der Waals surface area contributed by atoms with Crippen molar-refractivity contribution in [3.8, 4) is 0 Å². The maximum absolute atomic E-state index is 5.87. The molecule has 1 aromatic heterocycles. The maximum atomic E-state index is 5.87. The first-order chi connectivity index (χ1) is 6.33. The number of alkyl halides is 1. The number of aromatic nitrogens is 2. The first-order valence-corrected chi connectivity index (χ1v) is 5.83. The lowest BCUT2D eigenvalue weighted by atomic mass is 10.1. The molecule has 2 unspecified atom stereocenters. The smallest absolute Gasteiger partial charge is 0.208 e. The average Bonchev–Trinajstić information content (AvgIpc) is 2.72. The molecule has 5 heteroatoms. The Morgan fingerprint density at radius 1 is 1.77 bits per heavy atom. The van der Waals surface area contributed by atoms with Crippen LogP contribution in [0.1, 0.15) is 13.3 Å². The highest BCUT2D eigenvalue weighted by Gasteiger charge is 2.31. The minimum atomic E-state index is 0.505. The summed E-state index contributed by atoms with van der Waals surface area (Å²) in [6.45, 7) is 3.27. The number of hydrogen-bond donors (Lipinski definition) is 0. The fraction of sp³-hybridized carbons (Fsp3) is 0.750. The van der Waals surface area contributed by atoms with Gasteiger partial charge in [-0.05, 0) is 19.3 Å². The van der Waals surface area contributed by atoms with Gasteiger partial charge in [-0.2, -0.15) is 0 Å². The highest BCUT2D eigenvalue weighted by atomic mass is 35.5. The SMILES string of the molecule is CC1C(CCl)CCN1c1nncs1. The fourth-order valence-corrected chi connectivity index (χ4v) is 2.86. The Labute approximate surface area is 86.7 Å². The third-order valence-corrected chi connectivity index (χ3v) is 3.83. The summed E-state index contributed by atoms with van der Waals surface area (Å²) in [6.07, 6.45) is 1.17. The van der Waals surface area contributed by atoms with E-state index in [1.54, 1.807) is 16.8 Å². The number of hydrogen-bond acceptors (Lipinski definition) is 4. The second-order valence-corrected chi connectivity index (χ2v) is 4.48. The highest BCUT2D eigenvalue weighted by Crippen LogP contribution is 2.30. The van der Waals surface area contributed by atoms with Crippen LogP contribution in [0.3, 0.4) is 0 Å². The monoisotopic (exact) mass is 217 g/mol. The van der Waals surface area contributed by atoms with E-state index in [0.717, 1.165) is 17.6 Å². The predicted octanol–water partition coefficient (Wildman–Crippen LogP) is 1.99. The molecular formula is C8H12ClN3S. The summed E-state index contributed by atoms with van der Waals surface area (Å²) in [5, 5.41) is 8.94. The van der Waals surface area contributed by atoms with Crippen molar-refractivity contribution in [3.63, 3.8) is 0 Å². The van der Waals surface area contributed by atoms with Crippen LogP contribution in [0.5, 0.6) is 0 Å². The molecule has 1 fully saturated rings. The Hall–Kier alpha value is -0.350. The summed E-state index contributed by atoms with van der Waals surface area (Å²) in [5.41, 5.74) is 1.77. The van der Waals surface area contributed by atoms with Crippen molar-refractivity contribution in [2.45, 2.75) is 19.4 Å². The van der Waals surface area contributed by atoms with E-state index in [-0.39, 0.29) is 0 Å². The topological polar surface area (TPSA) is 29.0 Å². The van der Waals surface area contributed by atoms with Gasteiger partial charge in [0.15, 0.2) is 0 Å². The number of anilines is 1. The first-order valence-electron chi connectivity index (χ1n) is 4.41. The lowest BCUT2D eigenvalue weighted by Gasteiger charge is -2.22. The van der Waals surface area contributed by atoms with Gasteiger partial charge in [-0.1, -0.05) is 11.3 Å². The minimum absolute atomic E-state index is 0.505. The molecule has 0 bridgehead atoms. The van der Waals surface area contributed by atoms with E-state index >= 15 is 0 Å². The summed E-state index contributed by atoms with van der Waals surface area (Å²) in [6, 6.07) is 0.505. The van der Waals surface area contributed by atoms with E-state index in [1.165, 1.54) is 6.42 Å². The molecule has 0 saturated carbocycles. The van der Waals surface area contributed by atoms with Gasteiger partial charge in [0.25, 0.3) is 0 Å². The highest BCUT2D eigenvalue weighted by molar-refractivity contribution is 7.13. The third kappa shape index (κ3) is 1.65. The molecule has 2 rings (SSSR count). The molecule has 3 nitrogen and oxygen atoms in total. The van der Waals surface area contributed by atoms with Gasteiger partial charge in [0.2, 0.25) is 5.13 Å². The average molecular weight is 218 g/mol. The number of nitrogens with zero attached hydrogens (tertiary/aromatic N) is 3. The van der Waals surface area contributed by atoms with Gasteiger partial charge < -0.3 is 4.90 Å². The molecule has 0 amide bonds. The largest absolute Gasteiger partial charge is 0.344 e. The number of rotatable bonds is 2. The van der Waals surface area contributed by atoms with E-state index in [4.69, 9.17) is 11.6 Å². The Morgan fingerprint density at radius 2 is 2.62 bits per heavy atom. The summed E-state index contributed by atoms with van der Waals surface area (Å²) < 4.78 is 0. The zero-order valence-corrected chi connectivity index (χ0v) is 9.05. The van der Waals surface area contributed by atoms with Crippen LogP contribution in [0, 0.1) is 5.92 Å². The van der Waals surface area contributed by atoms with Gasteiger partial charge in [0.05, 0.1) is 0 Å². The second-order valence-electron chi connectivity index (χ2n) is 3.36. The second kappa shape index (κ2) is 3.80. The summed E-state index contributed by atoms with van der Waals surface area (Å²) in [7, 11) is 0. The van der Waals surface area contributed by atoms with Gasteiger partial charge in [-0.3, -0.25) is 0 Å². The molecule has 0 N–H and O–H groups in total. The van der Waals surface area contributed by atoms with Gasteiger partial charge in [-0.25, -0.2) is 0 Å². The zero-order chi connectivity index (χ0) is 9.26. The molecule has 1 aliphatic rings. The molecular weight excluding hydrogens is 206 g/mol. The van der Waals surface area contributed by atoms with Gasteiger partial charge >= 0.3 is 0 Å². The lowest BCUT2D eigenvalue weighted by molar-refractivity contribution is 0.551. The van der Waals surface area contributed by atoms with Crippen molar-refractivity contribution < 1.29 is 0 Å². The molecule has 0 spiro atoms. The molecule has 1 aromatic rings. The molecule has 1 saturated heterocycles. The molecule has 13 heavy (non-hydrogen) atoms. The molecule has 0 aromatic carbocycles. The van der Waals surface area contributed by atoms with Gasteiger partial charge in [-0.15, -0.1) is 21.8 Å². The van der Waals surface area contributed by atoms with Crippen LogP contribution in [0.4, 0.5) is 5.13 Å². The van der Waals surface area contributed by atoms with E-state index in [2.05, 4.69) is 22.0 Å². The van der Waals surface area contributed by atoms with Crippen LogP contribution < -0.4 is 4.90 Å². The zero-order valence-electron chi connectivity index (χ0n) is 7.48. The van der Waals surface area contributed by atoms with Crippen molar-refractivity contribution in [1.29, 1.82) is 0 Å². The van der Waals surface area contributed by atoms with E-state index < -0.39 is 0 Å². The fourth-order valence-electron chi connectivity index (χ4n) is 1.77. The van der Waals surface area contributed by atoms with Crippen molar-refractivity contribution in [3.05, 3.63) is 5.51 Å². The van der Waals surface area contributed by atoms with Crippen LogP contribution in [0.2, 0.25) is 0 Å². The molecule has 0 aliphatic carbocycles. The Bertz CT molecular complexity index is 264. The van der Waals surface area contributed by atoms with Gasteiger partial charge in [0.1, 0.15) is 5.51 Å².